The van der Waals surface area contributed by atoms with Crippen LogP contribution in [0.1, 0.15) is 45.4 Å². The Morgan fingerprint density at radius 1 is 1.15 bits per heavy atom. The van der Waals surface area contributed by atoms with Gasteiger partial charge in [0, 0.05) is 24.8 Å². The Hall–Kier alpha value is -1.44. The lowest BCUT2D eigenvalue weighted by atomic mass is 10.00. The maximum absolute atomic E-state index is 12.7. The summed E-state index contributed by atoms with van der Waals surface area (Å²) in [4.78, 5) is 14.9. The van der Waals surface area contributed by atoms with Gasteiger partial charge in [0.2, 0.25) is 15.9 Å². The van der Waals surface area contributed by atoms with E-state index in [1.807, 2.05) is 0 Å². The summed E-state index contributed by atoms with van der Waals surface area (Å²) in [5, 5.41) is 2.87. The Kier molecular flexibility index (Phi) is 6.32. The second-order valence-electron chi connectivity index (χ2n) is 7.22. The molecular weight excluding hydrogens is 350 g/mol. The molecule has 2 heterocycles. The lowest BCUT2D eigenvalue weighted by Crippen LogP contribution is -2.43. The lowest BCUT2D eigenvalue weighted by molar-refractivity contribution is -0.118. The molecule has 1 unspecified atom stereocenters. The number of hydrogen-bond donors (Lipinski definition) is 1. The molecule has 1 aromatic rings. The fraction of sp³-hybridized carbons (Fsp3) is 0.632. The molecule has 0 saturated carbocycles. The summed E-state index contributed by atoms with van der Waals surface area (Å²) in [7, 11) is -3.47. The third kappa shape index (κ3) is 4.45. The van der Waals surface area contributed by atoms with Crippen molar-refractivity contribution >= 4 is 21.6 Å². The van der Waals surface area contributed by atoms with Gasteiger partial charge in [0.05, 0.1) is 11.4 Å². The molecule has 26 heavy (non-hydrogen) atoms. The van der Waals surface area contributed by atoms with E-state index in [1.54, 1.807) is 24.3 Å². The monoisotopic (exact) mass is 379 g/mol. The van der Waals surface area contributed by atoms with E-state index in [-0.39, 0.29) is 10.8 Å². The summed E-state index contributed by atoms with van der Waals surface area (Å²) >= 11 is 0. The number of amides is 1. The molecule has 2 fully saturated rings. The van der Waals surface area contributed by atoms with Crippen molar-refractivity contribution in [2.24, 2.45) is 0 Å². The van der Waals surface area contributed by atoms with Crippen LogP contribution >= 0.6 is 0 Å². The smallest absolute Gasteiger partial charge is 0.243 e. The van der Waals surface area contributed by atoms with Crippen LogP contribution < -0.4 is 5.32 Å². The largest absolute Gasteiger partial charge is 0.325 e. The van der Waals surface area contributed by atoms with Gasteiger partial charge in [-0.25, -0.2) is 8.42 Å². The Balaban J connectivity index is 1.65. The highest BCUT2D eigenvalue weighted by Crippen LogP contribution is 2.23. The molecule has 0 radical (unpaired) electrons. The molecule has 1 amide bonds. The number of carbonyl (C=O) groups excluding carboxylic acids is 1. The van der Waals surface area contributed by atoms with Crippen molar-refractivity contribution in [2.45, 2.75) is 56.4 Å². The van der Waals surface area contributed by atoms with Crippen LogP contribution in [-0.4, -0.2) is 55.8 Å². The zero-order valence-corrected chi connectivity index (χ0v) is 16.3. The number of nitrogens with zero attached hydrogens (tertiary/aromatic N) is 2. The number of likely N-dealkylation sites (tertiary alicyclic amines) is 1. The van der Waals surface area contributed by atoms with Crippen molar-refractivity contribution in [1.82, 2.24) is 9.21 Å². The van der Waals surface area contributed by atoms with Crippen LogP contribution in [0.15, 0.2) is 29.2 Å². The third-order valence-corrected chi connectivity index (χ3v) is 7.28. The number of nitrogens with one attached hydrogen (secondary N) is 1. The van der Waals surface area contributed by atoms with Crippen molar-refractivity contribution in [1.29, 1.82) is 0 Å². The maximum Gasteiger partial charge on any atom is 0.243 e. The first-order chi connectivity index (χ1) is 12.5. The Morgan fingerprint density at radius 2 is 1.88 bits per heavy atom. The second-order valence-corrected chi connectivity index (χ2v) is 9.15. The lowest BCUT2D eigenvalue weighted by Gasteiger charge is -2.34. The van der Waals surface area contributed by atoms with Crippen LogP contribution in [0.2, 0.25) is 0 Å². The zero-order valence-electron chi connectivity index (χ0n) is 15.5. The van der Waals surface area contributed by atoms with Gasteiger partial charge < -0.3 is 5.32 Å². The molecule has 1 N–H and O–H groups in total. The summed E-state index contributed by atoms with van der Waals surface area (Å²) in [6.45, 7) is 4.63. The van der Waals surface area contributed by atoms with Gasteiger partial charge in [0.15, 0.2) is 0 Å². The fourth-order valence-corrected chi connectivity index (χ4v) is 5.49. The number of rotatable bonds is 6. The highest BCUT2D eigenvalue weighted by Gasteiger charge is 2.27. The molecule has 0 aromatic heterocycles. The van der Waals surface area contributed by atoms with Crippen molar-refractivity contribution in [3.05, 3.63) is 24.3 Å². The molecule has 1 atom stereocenters. The minimum absolute atomic E-state index is 0.0823. The molecule has 7 heteroatoms. The minimum Gasteiger partial charge on any atom is -0.325 e. The zero-order chi connectivity index (χ0) is 18.6. The molecule has 1 aromatic carbocycles. The van der Waals surface area contributed by atoms with Gasteiger partial charge in [-0.15, -0.1) is 0 Å². The number of piperidine rings is 1. The number of hydrogen-bond acceptors (Lipinski definition) is 4. The maximum atomic E-state index is 12.7. The van der Waals surface area contributed by atoms with Crippen molar-refractivity contribution in [3.63, 3.8) is 0 Å². The first kappa shape index (κ1) is 19.3. The molecular formula is C19H29N3O3S. The van der Waals surface area contributed by atoms with E-state index in [4.69, 9.17) is 0 Å². The summed E-state index contributed by atoms with van der Waals surface area (Å²) in [5.41, 5.74) is 0.542. The van der Waals surface area contributed by atoms with Crippen LogP contribution in [0.25, 0.3) is 0 Å². The van der Waals surface area contributed by atoms with Gasteiger partial charge >= 0.3 is 0 Å². The minimum atomic E-state index is -3.47. The quantitative estimate of drug-likeness (QED) is 0.825. The van der Waals surface area contributed by atoms with Gasteiger partial charge in [-0.2, -0.15) is 4.31 Å². The standard InChI is InChI=1S/C19H29N3O3S/c1-2-17-9-3-4-11-21(17)15-19(23)20-16-8-7-10-18(14-16)26(24,25)22-12-5-6-13-22/h7-8,10,14,17H,2-6,9,11-13,15H2,1H3,(H,20,23). The van der Waals surface area contributed by atoms with E-state index in [0.29, 0.717) is 31.4 Å². The van der Waals surface area contributed by atoms with Crippen LogP contribution in [0.4, 0.5) is 5.69 Å². The Bertz CT molecular complexity index is 729. The van der Waals surface area contributed by atoms with Gasteiger partial charge in [-0.05, 0) is 56.8 Å². The van der Waals surface area contributed by atoms with E-state index in [2.05, 4.69) is 17.1 Å². The van der Waals surface area contributed by atoms with E-state index >= 15 is 0 Å². The van der Waals surface area contributed by atoms with Crippen LogP contribution in [-0.2, 0) is 14.8 Å². The van der Waals surface area contributed by atoms with Crippen LogP contribution in [0.3, 0.4) is 0 Å². The van der Waals surface area contributed by atoms with Gasteiger partial charge in [0.25, 0.3) is 0 Å². The summed E-state index contributed by atoms with van der Waals surface area (Å²) in [6, 6.07) is 7.07. The average molecular weight is 380 g/mol. The van der Waals surface area contributed by atoms with Crippen molar-refractivity contribution in [2.75, 3.05) is 31.5 Å². The highest BCUT2D eigenvalue weighted by atomic mass is 32.2. The van der Waals surface area contributed by atoms with Gasteiger partial charge in [-0.3, -0.25) is 9.69 Å². The molecule has 0 bridgehead atoms. The Morgan fingerprint density at radius 3 is 2.62 bits per heavy atom. The molecule has 6 nitrogen and oxygen atoms in total. The second kappa shape index (κ2) is 8.50. The van der Waals surface area contributed by atoms with Gasteiger partial charge in [-0.1, -0.05) is 19.4 Å². The molecule has 2 aliphatic heterocycles. The third-order valence-electron chi connectivity index (χ3n) is 5.39. The summed E-state index contributed by atoms with van der Waals surface area (Å²) < 4.78 is 26.9. The predicted molar refractivity (Wildman–Crippen MR) is 103 cm³/mol. The predicted octanol–water partition coefficient (Wildman–Crippen LogP) is 2.67. The van der Waals surface area contributed by atoms with Gasteiger partial charge in [0.1, 0.15) is 0 Å². The SMILES string of the molecule is CCC1CCCCN1CC(=O)Nc1cccc(S(=O)(=O)N2CCCC2)c1. The van der Waals surface area contributed by atoms with Crippen LogP contribution in [0.5, 0.6) is 0 Å². The molecule has 3 rings (SSSR count). The number of benzene rings is 1. The average Bonchev–Trinajstić information content (AvgIpc) is 3.18. The number of anilines is 1. The molecule has 144 valence electrons. The number of sulfonamides is 1. The molecule has 0 spiro atoms. The van der Waals surface area contributed by atoms with E-state index in [1.165, 1.54) is 10.7 Å². The normalized spacial score (nSPS) is 22.4. The Labute approximate surface area is 156 Å². The summed E-state index contributed by atoms with van der Waals surface area (Å²) in [5.74, 6) is -0.0823. The first-order valence-corrected chi connectivity index (χ1v) is 11.1. The fourth-order valence-electron chi connectivity index (χ4n) is 3.93. The topological polar surface area (TPSA) is 69.7 Å². The van der Waals surface area contributed by atoms with E-state index in [9.17, 15) is 13.2 Å². The van der Waals surface area contributed by atoms with E-state index in [0.717, 1.165) is 38.6 Å². The first-order valence-electron chi connectivity index (χ1n) is 9.65. The van der Waals surface area contributed by atoms with Crippen molar-refractivity contribution in [3.8, 4) is 0 Å². The van der Waals surface area contributed by atoms with E-state index < -0.39 is 10.0 Å². The molecule has 2 saturated heterocycles. The molecule has 2 aliphatic rings. The molecule has 0 aliphatic carbocycles. The van der Waals surface area contributed by atoms with Crippen molar-refractivity contribution < 1.29 is 13.2 Å². The highest BCUT2D eigenvalue weighted by molar-refractivity contribution is 7.89. The summed E-state index contributed by atoms with van der Waals surface area (Å²) in [6.07, 6.45) is 6.37. The van der Waals surface area contributed by atoms with Crippen LogP contribution in [0, 0.1) is 0 Å². The number of carbonyl (C=O) groups is 1.